The third kappa shape index (κ3) is 3.55. The number of fused-ring (bicyclic) bond motifs is 1. The van der Waals surface area contributed by atoms with Crippen molar-refractivity contribution < 1.29 is 13.5 Å². The first-order valence-corrected chi connectivity index (χ1v) is 6.74. The van der Waals surface area contributed by atoms with Crippen LogP contribution in [0, 0.1) is 5.82 Å². The molecule has 1 heterocycles. The van der Waals surface area contributed by atoms with Crippen LogP contribution in [0.1, 0.15) is 32.1 Å². The van der Waals surface area contributed by atoms with Gasteiger partial charge < -0.3 is 14.5 Å². The number of ether oxygens (including phenoxy) is 1. The van der Waals surface area contributed by atoms with Gasteiger partial charge in [-0.25, -0.2) is 4.39 Å². The lowest BCUT2D eigenvalue weighted by molar-refractivity contribution is 0.116. The Labute approximate surface area is 112 Å². The Morgan fingerprint density at radius 2 is 2.16 bits per heavy atom. The molecule has 0 bridgehead atoms. The predicted octanol–water partition coefficient (Wildman–Crippen LogP) is 3.65. The summed E-state index contributed by atoms with van der Waals surface area (Å²) in [7, 11) is 0. The van der Waals surface area contributed by atoms with Crippen molar-refractivity contribution in [1.29, 1.82) is 0 Å². The number of furan rings is 1. The molecular formula is C15H20FNO2. The van der Waals surface area contributed by atoms with Crippen molar-refractivity contribution in [2.45, 2.75) is 26.3 Å². The van der Waals surface area contributed by atoms with E-state index in [1.54, 1.807) is 6.07 Å². The van der Waals surface area contributed by atoms with Gasteiger partial charge in [-0.2, -0.15) is 0 Å². The lowest BCUT2D eigenvalue weighted by Gasteiger charge is -2.15. The van der Waals surface area contributed by atoms with Crippen molar-refractivity contribution in [2.75, 3.05) is 19.8 Å². The van der Waals surface area contributed by atoms with Crippen molar-refractivity contribution in [2.24, 2.45) is 0 Å². The highest BCUT2D eigenvalue weighted by Gasteiger charge is 2.16. The van der Waals surface area contributed by atoms with Gasteiger partial charge in [-0.05, 0) is 44.2 Å². The molecule has 1 N–H and O–H groups in total. The second-order valence-corrected chi connectivity index (χ2v) is 4.50. The van der Waals surface area contributed by atoms with Gasteiger partial charge in [-0.15, -0.1) is 0 Å². The van der Waals surface area contributed by atoms with Crippen LogP contribution < -0.4 is 5.32 Å². The molecule has 1 unspecified atom stereocenters. The van der Waals surface area contributed by atoms with E-state index in [2.05, 4.69) is 12.2 Å². The first-order valence-electron chi connectivity index (χ1n) is 6.74. The maximum atomic E-state index is 13.2. The number of halogens is 1. The fourth-order valence-electron chi connectivity index (χ4n) is 2.00. The van der Waals surface area contributed by atoms with E-state index < -0.39 is 0 Å². The first-order chi connectivity index (χ1) is 9.24. The van der Waals surface area contributed by atoms with Gasteiger partial charge in [-0.1, -0.05) is 6.92 Å². The molecule has 1 aromatic carbocycles. The van der Waals surface area contributed by atoms with E-state index in [1.807, 2.05) is 13.0 Å². The van der Waals surface area contributed by atoms with Crippen LogP contribution in [0.2, 0.25) is 0 Å². The van der Waals surface area contributed by atoms with Crippen LogP contribution in [0.4, 0.5) is 4.39 Å². The molecule has 0 radical (unpaired) electrons. The molecule has 0 spiro atoms. The van der Waals surface area contributed by atoms with Gasteiger partial charge >= 0.3 is 0 Å². The van der Waals surface area contributed by atoms with E-state index in [1.165, 1.54) is 12.1 Å². The van der Waals surface area contributed by atoms with Crippen LogP contribution >= 0.6 is 0 Å². The largest absolute Gasteiger partial charge is 0.459 e. The zero-order valence-corrected chi connectivity index (χ0v) is 11.4. The highest BCUT2D eigenvalue weighted by atomic mass is 19.1. The number of hydrogen-bond acceptors (Lipinski definition) is 3. The van der Waals surface area contributed by atoms with Crippen LogP contribution in [0.25, 0.3) is 11.0 Å². The van der Waals surface area contributed by atoms with Crippen molar-refractivity contribution in [1.82, 2.24) is 5.32 Å². The van der Waals surface area contributed by atoms with E-state index in [0.29, 0.717) is 18.8 Å². The Bertz CT molecular complexity index is 516. The molecule has 1 atom stereocenters. The number of rotatable bonds is 7. The minimum atomic E-state index is -0.247. The quantitative estimate of drug-likeness (QED) is 0.829. The molecule has 0 aliphatic rings. The Kier molecular flexibility index (Phi) is 4.93. The Hall–Kier alpha value is -1.39. The number of nitrogens with one attached hydrogen (secondary N) is 1. The van der Waals surface area contributed by atoms with Crippen molar-refractivity contribution in [3.05, 3.63) is 35.8 Å². The third-order valence-electron chi connectivity index (χ3n) is 2.97. The monoisotopic (exact) mass is 265 g/mol. The average molecular weight is 265 g/mol. The highest BCUT2D eigenvalue weighted by molar-refractivity contribution is 5.78. The summed E-state index contributed by atoms with van der Waals surface area (Å²) < 4.78 is 24.4. The van der Waals surface area contributed by atoms with Gasteiger partial charge in [0.2, 0.25) is 0 Å². The third-order valence-corrected chi connectivity index (χ3v) is 2.97. The Morgan fingerprint density at radius 1 is 1.32 bits per heavy atom. The topological polar surface area (TPSA) is 34.4 Å². The summed E-state index contributed by atoms with van der Waals surface area (Å²) in [6.07, 6.45) is 1.04. The smallest absolute Gasteiger partial charge is 0.134 e. The normalized spacial score (nSPS) is 13.0. The summed E-state index contributed by atoms with van der Waals surface area (Å²) in [6, 6.07) is 6.44. The fraction of sp³-hybridized carbons (Fsp3) is 0.467. The molecule has 4 heteroatoms. The van der Waals surface area contributed by atoms with Gasteiger partial charge in [0.1, 0.15) is 17.2 Å². The SMILES string of the molecule is CCCNC(COCC)c1cc2cc(F)ccc2o1. The Morgan fingerprint density at radius 3 is 2.89 bits per heavy atom. The summed E-state index contributed by atoms with van der Waals surface area (Å²) in [5, 5.41) is 4.17. The minimum absolute atomic E-state index is 0.00959. The van der Waals surface area contributed by atoms with Crippen LogP contribution in [-0.4, -0.2) is 19.8 Å². The molecule has 0 aliphatic heterocycles. The van der Waals surface area contributed by atoms with Crippen molar-refractivity contribution >= 4 is 11.0 Å². The van der Waals surface area contributed by atoms with Crippen molar-refractivity contribution in [3.8, 4) is 0 Å². The van der Waals surface area contributed by atoms with Crippen LogP contribution in [0.15, 0.2) is 28.7 Å². The lowest BCUT2D eigenvalue weighted by Crippen LogP contribution is -2.26. The molecule has 104 valence electrons. The molecular weight excluding hydrogens is 245 g/mol. The van der Waals surface area contributed by atoms with E-state index in [4.69, 9.17) is 9.15 Å². The van der Waals surface area contributed by atoms with E-state index in [9.17, 15) is 4.39 Å². The molecule has 0 saturated heterocycles. The second-order valence-electron chi connectivity index (χ2n) is 4.50. The zero-order chi connectivity index (χ0) is 13.7. The van der Waals surface area contributed by atoms with Gasteiger partial charge in [0.05, 0.1) is 12.6 Å². The standard InChI is InChI=1S/C15H20FNO2/c1-3-7-17-13(10-18-4-2)15-9-11-8-12(16)5-6-14(11)19-15/h5-6,8-9,13,17H,3-4,7,10H2,1-2H3. The molecule has 0 aliphatic carbocycles. The van der Waals surface area contributed by atoms with Crippen LogP contribution in [-0.2, 0) is 4.74 Å². The summed E-state index contributed by atoms with van der Waals surface area (Å²) in [4.78, 5) is 0. The summed E-state index contributed by atoms with van der Waals surface area (Å²) in [6.45, 7) is 6.19. The van der Waals surface area contributed by atoms with E-state index >= 15 is 0 Å². The molecule has 1 aromatic heterocycles. The maximum Gasteiger partial charge on any atom is 0.134 e. The Balaban J connectivity index is 2.21. The van der Waals surface area contributed by atoms with Gasteiger partial charge in [-0.3, -0.25) is 0 Å². The highest BCUT2D eigenvalue weighted by Crippen LogP contribution is 2.25. The van der Waals surface area contributed by atoms with Crippen molar-refractivity contribution in [3.63, 3.8) is 0 Å². The van der Waals surface area contributed by atoms with Gasteiger partial charge in [0.15, 0.2) is 0 Å². The van der Waals surface area contributed by atoms with Crippen LogP contribution in [0.3, 0.4) is 0 Å². The number of benzene rings is 1. The minimum Gasteiger partial charge on any atom is -0.459 e. The predicted molar refractivity (Wildman–Crippen MR) is 73.7 cm³/mol. The summed E-state index contributed by atoms with van der Waals surface area (Å²) in [5.74, 6) is 0.547. The molecule has 19 heavy (non-hydrogen) atoms. The second kappa shape index (κ2) is 6.68. The lowest BCUT2D eigenvalue weighted by atomic mass is 10.2. The molecule has 2 aromatic rings. The van der Waals surface area contributed by atoms with Gasteiger partial charge in [0, 0.05) is 12.0 Å². The van der Waals surface area contributed by atoms with E-state index in [-0.39, 0.29) is 11.9 Å². The fourth-order valence-corrected chi connectivity index (χ4v) is 2.00. The molecule has 0 amide bonds. The molecule has 0 fully saturated rings. The molecule has 3 nitrogen and oxygen atoms in total. The van der Waals surface area contributed by atoms with Gasteiger partial charge in [0.25, 0.3) is 0 Å². The maximum absolute atomic E-state index is 13.2. The zero-order valence-electron chi connectivity index (χ0n) is 11.4. The van der Waals surface area contributed by atoms with Crippen LogP contribution in [0.5, 0.6) is 0 Å². The van der Waals surface area contributed by atoms with E-state index in [0.717, 1.165) is 24.1 Å². The summed E-state index contributed by atoms with van der Waals surface area (Å²) >= 11 is 0. The average Bonchev–Trinajstić information content (AvgIpc) is 2.81. The molecule has 2 rings (SSSR count). The number of hydrogen-bond donors (Lipinski definition) is 1. The summed E-state index contributed by atoms with van der Waals surface area (Å²) in [5.41, 5.74) is 0.705. The first kappa shape index (κ1) is 14.0. The molecule has 0 saturated carbocycles.